The van der Waals surface area contributed by atoms with E-state index in [1.807, 2.05) is 46.3 Å². The molecule has 90 valence electrons. The second-order valence-electron chi connectivity index (χ2n) is 4.10. The van der Waals surface area contributed by atoms with Gasteiger partial charge < -0.3 is 9.67 Å². The third kappa shape index (κ3) is 1.80. The Kier molecular flexibility index (Phi) is 2.64. The first kappa shape index (κ1) is 11.0. The van der Waals surface area contributed by atoms with E-state index in [4.69, 9.17) is 0 Å². The summed E-state index contributed by atoms with van der Waals surface area (Å²) in [5.74, 6) is -0.870. The molecule has 0 spiro atoms. The van der Waals surface area contributed by atoms with E-state index < -0.39 is 5.97 Å². The molecule has 0 radical (unpaired) electrons. The second-order valence-corrected chi connectivity index (χ2v) is 5.00. The smallest absolute Gasteiger partial charge is 0.337 e. The fourth-order valence-electron chi connectivity index (χ4n) is 2.08. The third-order valence-corrected chi connectivity index (χ3v) is 3.86. The zero-order chi connectivity index (χ0) is 12.5. The molecular weight excluding hydrogens is 246 g/mol. The number of carbonyl (C=O) groups is 1. The lowest BCUT2D eigenvalue weighted by atomic mass is 10.2. The van der Waals surface area contributed by atoms with E-state index in [2.05, 4.69) is 0 Å². The van der Waals surface area contributed by atoms with Gasteiger partial charge in [0.2, 0.25) is 0 Å². The number of fused-ring (bicyclic) bond motifs is 1. The number of benzene rings is 1. The molecule has 0 saturated heterocycles. The molecule has 0 aliphatic carbocycles. The van der Waals surface area contributed by atoms with Gasteiger partial charge in [0.25, 0.3) is 0 Å². The van der Waals surface area contributed by atoms with E-state index in [1.54, 1.807) is 17.5 Å². The molecule has 0 atom stereocenters. The van der Waals surface area contributed by atoms with Gasteiger partial charge in [0.15, 0.2) is 0 Å². The van der Waals surface area contributed by atoms with Crippen molar-refractivity contribution in [2.75, 3.05) is 0 Å². The van der Waals surface area contributed by atoms with E-state index in [1.165, 1.54) is 5.56 Å². The molecule has 0 fully saturated rings. The molecular formula is C14H11NO2S. The standard InChI is InChI=1S/C14H11NO2S/c16-14(17)12-9-15(13-11(12)6-7-18-13)8-10-4-2-1-3-5-10/h1-7,9H,8H2,(H,16,17). The average molecular weight is 257 g/mol. The first-order chi connectivity index (χ1) is 8.75. The lowest BCUT2D eigenvalue weighted by Gasteiger charge is -2.03. The predicted molar refractivity (Wildman–Crippen MR) is 72.3 cm³/mol. The molecule has 1 N–H and O–H groups in total. The van der Waals surface area contributed by atoms with Crippen LogP contribution in [0.1, 0.15) is 15.9 Å². The lowest BCUT2D eigenvalue weighted by molar-refractivity contribution is 0.0699. The van der Waals surface area contributed by atoms with Crippen molar-refractivity contribution in [2.24, 2.45) is 0 Å². The summed E-state index contributed by atoms with van der Waals surface area (Å²) in [6.07, 6.45) is 1.72. The molecule has 18 heavy (non-hydrogen) atoms. The molecule has 2 aromatic heterocycles. The maximum absolute atomic E-state index is 11.2. The summed E-state index contributed by atoms with van der Waals surface area (Å²) in [5.41, 5.74) is 1.54. The number of thiophene rings is 1. The molecule has 3 rings (SSSR count). The Bertz CT molecular complexity index is 697. The molecule has 0 saturated carbocycles. The minimum Gasteiger partial charge on any atom is -0.478 e. The highest BCUT2D eigenvalue weighted by Crippen LogP contribution is 2.27. The predicted octanol–water partition coefficient (Wildman–Crippen LogP) is 3.45. The van der Waals surface area contributed by atoms with Crippen molar-refractivity contribution in [3.63, 3.8) is 0 Å². The van der Waals surface area contributed by atoms with Crippen LogP contribution in [0, 0.1) is 0 Å². The Morgan fingerprint density at radius 2 is 2.00 bits per heavy atom. The SMILES string of the molecule is O=C(O)c1cn(Cc2ccccc2)c2sccc12. The van der Waals surface area contributed by atoms with Crippen LogP contribution in [0.15, 0.2) is 48.0 Å². The van der Waals surface area contributed by atoms with Crippen LogP contribution in [0.2, 0.25) is 0 Å². The van der Waals surface area contributed by atoms with Crippen molar-refractivity contribution < 1.29 is 9.90 Å². The summed E-state index contributed by atoms with van der Waals surface area (Å²) in [7, 11) is 0. The Balaban J connectivity index is 2.07. The maximum Gasteiger partial charge on any atom is 0.337 e. The van der Waals surface area contributed by atoms with Crippen molar-refractivity contribution in [1.82, 2.24) is 4.57 Å². The van der Waals surface area contributed by atoms with Crippen LogP contribution in [0.3, 0.4) is 0 Å². The summed E-state index contributed by atoms with van der Waals surface area (Å²) in [4.78, 5) is 12.2. The molecule has 3 aromatic rings. The Morgan fingerprint density at radius 3 is 2.72 bits per heavy atom. The van der Waals surface area contributed by atoms with E-state index >= 15 is 0 Å². The zero-order valence-corrected chi connectivity index (χ0v) is 10.4. The number of aromatic carboxylic acids is 1. The summed E-state index contributed by atoms with van der Waals surface area (Å²) in [6, 6.07) is 11.9. The van der Waals surface area contributed by atoms with Crippen molar-refractivity contribution in [1.29, 1.82) is 0 Å². The van der Waals surface area contributed by atoms with Gasteiger partial charge in [-0.05, 0) is 17.0 Å². The number of rotatable bonds is 3. The first-order valence-electron chi connectivity index (χ1n) is 5.59. The van der Waals surface area contributed by atoms with Crippen molar-refractivity contribution >= 4 is 27.5 Å². The molecule has 1 aromatic carbocycles. The Morgan fingerprint density at radius 1 is 1.22 bits per heavy atom. The number of carboxylic acid groups (broad SMARTS) is 1. The Labute approximate surface area is 108 Å². The highest BCUT2D eigenvalue weighted by molar-refractivity contribution is 7.16. The number of nitrogens with zero attached hydrogens (tertiary/aromatic N) is 1. The van der Waals surface area contributed by atoms with Crippen LogP contribution in [0.25, 0.3) is 10.2 Å². The number of hydrogen-bond donors (Lipinski definition) is 1. The van der Waals surface area contributed by atoms with Crippen molar-refractivity contribution in [3.8, 4) is 0 Å². The van der Waals surface area contributed by atoms with Gasteiger partial charge in [0, 0.05) is 18.1 Å². The lowest BCUT2D eigenvalue weighted by Crippen LogP contribution is -1.98. The molecule has 0 aliphatic rings. The van der Waals surface area contributed by atoms with Crippen LogP contribution in [-0.2, 0) is 6.54 Å². The number of aromatic nitrogens is 1. The average Bonchev–Trinajstić information content (AvgIpc) is 2.94. The molecule has 0 unspecified atom stereocenters. The molecule has 2 heterocycles. The van der Waals surface area contributed by atoms with Gasteiger partial charge in [0.1, 0.15) is 4.83 Å². The van der Waals surface area contributed by atoms with Crippen LogP contribution < -0.4 is 0 Å². The third-order valence-electron chi connectivity index (χ3n) is 2.91. The van der Waals surface area contributed by atoms with Crippen LogP contribution >= 0.6 is 11.3 Å². The molecule has 0 aliphatic heterocycles. The summed E-state index contributed by atoms with van der Waals surface area (Å²) >= 11 is 1.57. The van der Waals surface area contributed by atoms with Gasteiger partial charge in [-0.1, -0.05) is 30.3 Å². The second kappa shape index (κ2) is 4.31. The van der Waals surface area contributed by atoms with E-state index in [-0.39, 0.29) is 0 Å². The van der Waals surface area contributed by atoms with Gasteiger partial charge in [0.05, 0.1) is 5.56 Å². The highest BCUT2D eigenvalue weighted by Gasteiger charge is 2.14. The van der Waals surface area contributed by atoms with Gasteiger partial charge >= 0.3 is 5.97 Å². The quantitative estimate of drug-likeness (QED) is 0.780. The van der Waals surface area contributed by atoms with Crippen molar-refractivity contribution in [2.45, 2.75) is 6.54 Å². The topological polar surface area (TPSA) is 42.2 Å². The van der Waals surface area contributed by atoms with E-state index in [0.29, 0.717) is 12.1 Å². The fraction of sp³-hybridized carbons (Fsp3) is 0.0714. The summed E-state index contributed by atoms with van der Waals surface area (Å²) in [6.45, 7) is 0.700. The largest absolute Gasteiger partial charge is 0.478 e. The molecule has 0 bridgehead atoms. The minimum atomic E-state index is -0.870. The summed E-state index contributed by atoms with van der Waals surface area (Å²) in [5, 5.41) is 11.9. The van der Waals surface area contributed by atoms with Crippen LogP contribution in [0.5, 0.6) is 0 Å². The van der Waals surface area contributed by atoms with Gasteiger partial charge in [-0.3, -0.25) is 0 Å². The van der Waals surface area contributed by atoms with Gasteiger partial charge in [-0.2, -0.15) is 0 Å². The number of carboxylic acids is 1. The molecule has 0 amide bonds. The molecule has 4 heteroatoms. The van der Waals surface area contributed by atoms with Crippen molar-refractivity contribution in [3.05, 3.63) is 59.1 Å². The zero-order valence-electron chi connectivity index (χ0n) is 9.54. The highest BCUT2D eigenvalue weighted by atomic mass is 32.1. The Hall–Kier alpha value is -2.07. The van der Waals surface area contributed by atoms with Crippen LogP contribution in [0.4, 0.5) is 0 Å². The van der Waals surface area contributed by atoms with Gasteiger partial charge in [-0.25, -0.2) is 4.79 Å². The maximum atomic E-state index is 11.2. The monoisotopic (exact) mass is 257 g/mol. The minimum absolute atomic E-state index is 0.377. The summed E-state index contributed by atoms with van der Waals surface area (Å²) < 4.78 is 2.00. The van der Waals surface area contributed by atoms with E-state index in [9.17, 15) is 9.90 Å². The van der Waals surface area contributed by atoms with Crippen LogP contribution in [-0.4, -0.2) is 15.6 Å². The normalized spacial score (nSPS) is 10.9. The first-order valence-corrected chi connectivity index (χ1v) is 6.47. The number of hydrogen-bond acceptors (Lipinski definition) is 2. The molecule has 3 nitrogen and oxygen atoms in total. The fourth-order valence-corrected chi connectivity index (χ4v) is 2.97. The van der Waals surface area contributed by atoms with Gasteiger partial charge in [-0.15, -0.1) is 11.3 Å². The van der Waals surface area contributed by atoms with E-state index in [0.717, 1.165) is 10.2 Å².